The molecule has 2 amide bonds. The summed E-state index contributed by atoms with van der Waals surface area (Å²) in [5.41, 5.74) is 2.61. The number of thioether (sulfide) groups is 1. The number of benzene rings is 3. The molecular formula is C30H26N2O4S2. The summed E-state index contributed by atoms with van der Waals surface area (Å²) in [6.45, 7) is 2.49. The Balaban J connectivity index is 1.37. The normalized spacial score (nSPS) is 11.0. The van der Waals surface area contributed by atoms with Gasteiger partial charge < -0.3 is 15.4 Å². The molecule has 2 N–H and O–H groups in total. The molecule has 8 heteroatoms. The Kier molecular flexibility index (Phi) is 9.50. The Morgan fingerprint density at radius 2 is 1.63 bits per heavy atom. The van der Waals surface area contributed by atoms with Crippen molar-refractivity contribution in [1.29, 1.82) is 0 Å². The van der Waals surface area contributed by atoms with Gasteiger partial charge >= 0.3 is 0 Å². The Morgan fingerprint density at radius 3 is 2.29 bits per heavy atom. The third-order valence-corrected chi connectivity index (χ3v) is 7.07. The molecule has 0 aliphatic carbocycles. The Morgan fingerprint density at radius 1 is 0.895 bits per heavy atom. The van der Waals surface area contributed by atoms with Crippen LogP contribution in [-0.4, -0.2) is 30.0 Å². The molecule has 0 unspecified atom stereocenters. The fourth-order valence-corrected chi connectivity index (χ4v) is 4.85. The Hall–Kier alpha value is -4.14. The molecule has 38 heavy (non-hydrogen) atoms. The van der Waals surface area contributed by atoms with Gasteiger partial charge in [0.25, 0.3) is 11.8 Å². The van der Waals surface area contributed by atoms with E-state index in [4.69, 9.17) is 4.74 Å². The van der Waals surface area contributed by atoms with Crippen LogP contribution in [-0.2, 0) is 4.79 Å². The van der Waals surface area contributed by atoms with Crippen LogP contribution in [0, 0.1) is 0 Å². The number of amides is 2. The van der Waals surface area contributed by atoms with E-state index in [2.05, 4.69) is 10.6 Å². The lowest BCUT2D eigenvalue weighted by molar-refractivity contribution is -0.113. The third-order valence-electron chi connectivity index (χ3n) is 5.35. The maximum atomic E-state index is 13.1. The summed E-state index contributed by atoms with van der Waals surface area (Å²) in [7, 11) is 0. The zero-order valence-corrected chi connectivity index (χ0v) is 22.3. The van der Waals surface area contributed by atoms with Crippen molar-refractivity contribution in [3.8, 4) is 5.75 Å². The molecule has 0 aliphatic rings. The molecule has 0 atom stereocenters. The molecule has 4 rings (SSSR count). The summed E-state index contributed by atoms with van der Waals surface area (Å²) in [6.07, 6.45) is 1.64. The highest BCUT2D eigenvalue weighted by atomic mass is 32.2. The van der Waals surface area contributed by atoms with Gasteiger partial charge in [-0.15, -0.1) is 11.8 Å². The number of anilines is 1. The van der Waals surface area contributed by atoms with Gasteiger partial charge in [-0.25, -0.2) is 0 Å². The smallest absolute Gasteiger partial charge is 0.272 e. The predicted octanol–water partition coefficient (Wildman–Crippen LogP) is 6.53. The highest BCUT2D eigenvalue weighted by molar-refractivity contribution is 8.00. The molecule has 0 fully saturated rings. The minimum atomic E-state index is -0.438. The van der Waals surface area contributed by atoms with Crippen LogP contribution in [0.4, 0.5) is 5.69 Å². The van der Waals surface area contributed by atoms with Crippen molar-refractivity contribution in [3.05, 3.63) is 118 Å². The molecule has 0 saturated carbocycles. The molecule has 6 nitrogen and oxygen atoms in total. The van der Waals surface area contributed by atoms with Crippen LogP contribution in [0.5, 0.6) is 5.75 Å². The van der Waals surface area contributed by atoms with E-state index in [0.717, 1.165) is 16.2 Å². The summed E-state index contributed by atoms with van der Waals surface area (Å²) in [4.78, 5) is 39.2. The molecule has 3 aromatic carbocycles. The molecule has 4 aromatic rings. The summed E-state index contributed by atoms with van der Waals surface area (Å²) < 4.78 is 5.42. The first-order valence-electron chi connectivity index (χ1n) is 11.9. The van der Waals surface area contributed by atoms with Crippen molar-refractivity contribution in [3.63, 3.8) is 0 Å². The summed E-state index contributed by atoms with van der Waals surface area (Å²) in [5.74, 6) is 0.242. The minimum Gasteiger partial charge on any atom is -0.494 e. The lowest BCUT2D eigenvalue weighted by Crippen LogP contribution is -2.30. The van der Waals surface area contributed by atoms with E-state index in [1.165, 1.54) is 23.1 Å². The van der Waals surface area contributed by atoms with E-state index >= 15 is 0 Å². The second-order valence-electron chi connectivity index (χ2n) is 8.08. The molecular weight excluding hydrogens is 516 g/mol. The van der Waals surface area contributed by atoms with Gasteiger partial charge in [0.05, 0.1) is 12.4 Å². The third kappa shape index (κ3) is 7.68. The second-order valence-corrected chi connectivity index (χ2v) is 9.91. The lowest BCUT2D eigenvalue weighted by atomic mass is 10.1. The largest absolute Gasteiger partial charge is 0.494 e. The fraction of sp³-hybridized carbons (Fsp3) is 0.100. The van der Waals surface area contributed by atoms with Crippen molar-refractivity contribution < 1.29 is 19.1 Å². The van der Waals surface area contributed by atoms with Crippen LogP contribution in [0.15, 0.2) is 106 Å². The summed E-state index contributed by atoms with van der Waals surface area (Å²) in [5, 5.41) is 9.36. The van der Waals surface area contributed by atoms with Gasteiger partial charge in [0, 0.05) is 21.7 Å². The highest BCUT2D eigenvalue weighted by Crippen LogP contribution is 2.23. The van der Waals surface area contributed by atoms with E-state index in [9.17, 15) is 14.4 Å². The zero-order chi connectivity index (χ0) is 26.7. The number of hydrogen-bond acceptors (Lipinski definition) is 6. The molecule has 0 spiro atoms. The maximum Gasteiger partial charge on any atom is 0.272 e. The summed E-state index contributed by atoms with van der Waals surface area (Å²) >= 11 is 2.92. The van der Waals surface area contributed by atoms with Crippen LogP contribution in [0.3, 0.4) is 0 Å². The van der Waals surface area contributed by atoms with Crippen LogP contribution < -0.4 is 15.4 Å². The first kappa shape index (κ1) is 26.9. The number of Topliss-reactive ketones (excluding diaryl/α,β-unsaturated/α-hetero) is 1. The first-order chi connectivity index (χ1) is 18.5. The van der Waals surface area contributed by atoms with Crippen LogP contribution in [0.25, 0.3) is 6.08 Å². The number of carbonyl (C=O) groups is 3. The SMILES string of the molecule is CCOc1ccc(C(=O)CSc2ccc(NC(=O)/C(=C/c3ccsc3)NC(=O)c3ccccc3)cc2)cc1. The topological polar surface area (TPSA) is 84.5 Å². The predicted molar refractivity (Wildman–Crippen MR) is 154 cm³/mol. The van der Waals surface area contributed by atoms with Gasteiger partial charge in [-0.3, -0.25) is 14.4 Å². The van der Waals surface area contributed by atoms with Crippen LogP contribution in [0.1, 0.15) is 33.2 Å². The molecule has 1 aromatic heterocycles. The maximum absolute atomic E-state index is 13.1. The van der Waals surface area contributed by atoms with Gasteiger partial charge in [0.15, 0.2) is 5.78 Å². The average Bonchev–Trinajstić information content (AvgIpc) is 3.46. The van der Waals surface area contributed by atoms with E-state index < -0.39 is 5.91 Å². The number of carbonyl (C=O) groups excluding carboxylic acids is 3. The van der Waals surface area contributed by atoms with Crippen molar-refractivity contribution in [1.82, 2.24) is 5.32 Å². The van der Waals surface area contributed by atoms with Gasteiger partial charge in [-0.1, -0.05) is 18.2 Å². The molecule has 1 heterocycles. The molecule has 0 radical (unpaired) electrons. The lowest BCUT2D eigenvalue weighted by Gasteiger charge is -2.11. The van der Waals surface area contributed by atoms with Gasteiger partial charge in [-0.2, -0.15) is 11.3 Å². The molecule has 0 bridgehead atoms. The van der Waals surface area contributed by atoms with Crippen molar-refractivity contribution in [2.75, 3.05) is 17.7 Å². The zero-order valence-electron chi connectivity index (χ0n) is 20.7. The van der Waals surface area contributed by atoms with E-state index in [1.807, 2.05) is 41.9 Å². The first-order valence-corrected chi connectivity index (χ1v) is 13.8. The monoisotopic (exact) mass is 542 g/mol. The number of rotatable bonds is 11. The fourth-order valence-electron chi connectivity index (χ4n) is 3.44. The minimum absolute atomic E-state index is 0.0211. The van der Waals surface area contributed by atoms with Crippen molar-refractivity contribution in [2.24, 2.45) is 0 Å². The van der Waals surface area contributed by atoms with Crippen LogP contribution in [0.2, 0.25) is 0 Å². The van der Waals surface area contributed by atoms with Gasteiger partial charge in [-0.05, 0) is 96.1 Å². The van der Waals surface area contributed by atoms with Crippen molar-refractivity contribution in [2.45, 2.75) is 11.8 Å². The van der Waals surface area contributed by atoms with E-state index in [0.29, 0.717) is 29.2 Å². The van der Waals surface area contributed by atoms with Crippen LogP contribution >= 0.6 is 23.1 Å². The standard InChI is InChI=1S/C30H26N2O4S2/c1-2-36-25-12-8-22(9-13-25)28(33)20-38-26-14-10-24(11-15-26)31-30(35)27(18-21-16-17-37-19-21)32-29(34)23-6-4-3-5-7-23/h3-19H,2,20H2,1H3,(H,31,35)(H,32,34)/b27-18-. The highest BCUT2D eigenvalue weighted by Gasteiger charge is 2.15. The molecule has 0 saturated heterocycles. The van der Waals surface area contributed by atoms with Gasteiger partial charge in [0.1, 0.15) is 11.4 Å². The summed E-state index contributed by atoms with van der Waals surface area (Å²) in [6, 6.07) is 24.9. The second kappa shape index (κ2) is 13.4. The Bertz CT molecular complexity index is 1400. The molecule has 192 valence electrons. The van der Waals surface area contributed by atoms with E-state index in [-0.39, 0.29) is 17.4 Å². The quantitative estimate of drug-likeness (QED) is 0.128. The number of hydrogen-bond donors (Lipinski definition) is 2. The number of ether oxygens (including phenoxy) is 1. The van der Waals surface area contributed by atoms with Gasteiger partial charge in [0.2, 0.25) is 0 Å². The Labute approximate surface area is 229 Å². The number of nitrogens with one attached hydrogen (secondary N) is 2. The molecule has 0 aliphatic heterocycles. The van der Waals surface area contributed by atoms with Crippen molar-refractivity contribution >= 4 is 52.5 Å². The average molecular weight is 543 g/mol. The number of thiophene rings is 1. The van der Waals surface area contributed by atoms with E-state index in [1.54, 1.807) is 66.7 Å². The number of ketones is 1.